The molecule has 0 aliphatic rings. The lowest BCUT2D eigenvalue weighted by atomic mass is 10.6. The van der Waals surface area contributed by atoms with Gasteiger partial charge >= 0.3 is 0 Å². The van der Waals surface area contributed by atoms with Crippen LogP contribution in [0.1, 0.15) is 0 Å². The maximum Gasteiger partial charge on any atom is 0.284 e. The highest BCUT2D eigenvalue weighted by molar-refractivity contribution is 6.28. The van der Waals surface area contributed by atoms with Gasteiger partial charge in [0, 0.05) is 0 Å². The Morgan fingerprint density at radius 3 is 2.33 bits per heavy atom. The summed E-state index contributed by atoms with van der Waals surface area (Å²) in [6, 6.07) is 0. The largest absolute Gasteiger partial charge is 0.432 e. The van der Waals surface area contributed by atoms with Crippen LogP contribution in [0.15, 0.2) is 0 Å². The quantitative estimate of drug-likeness (QED) is 0.393. The van der Waals surface area contributed by atoms with Gasteiger partial charge in [-0.1, -0.05) is 11.6 Å². The standard InChI is InChI=1S/C2H3BCl2O/c3-6-2(5)1-4/h2H,1H2. The molecule has 4 heteroatoms. The number of hydrogen-bond acceptors (Lipinski definition) is 1. The summed E-state index contributed by atoms with van der Waals surface area (Å²) in [5, 5.41) is 0. The Bertz CT molecular complexity index is 30.7. The highest BCUT2D eigenvalue weighted by Crippen LogP contribution is 1.95. The summed E-state index contributed by atoms with van der Waals surface area (Å²) in [7, 11) is 4.57. The van der Waals surface area contributed by atoms with E-state index in [4.69, 9.17) is 23.2 Å². The van der Waals surface area contributed by atoms with E-state index in [9.17, 15) is 0 Å². The summed E-state index contributed by atoms with van der Waals surface area (Å²) in [4.78, 5) is 0. The van der Waals surface area contributed by atoms with Crippen LogP contribution in [0.5, 0.6) is 0 Å². The second-order valence-electron chi connectivity index (χ2n) is 0.700. The van der Waals surface area contributed by atoms with Gasteiger partial charge in [-0.25, -0.2) is 0 Å². The number of alkyl halides is 2. The second-order valence-corrected chi connectivity index (χ2v) is 1.50. The van der Waals surface area contributed by atoms with Crippen LogP contribution < -0.4 is 0 Å². The van der Waals surface area contributed by atoms with Gasteiger partial charge in [-0.3, -0.25) is 0 Å². The molecule has 0 spiro atoms. The summed E-state index contributed by atoms with van der Waals surface area (Å²) in [6.45, 7) is 0. The lowest BCUT2D eigenvalue weighted by Crippen LogP contribution is -2.02. The number of hydrogen-bond donors (Lipinski definition) is 0. The van der Waals surface area contributed by atoms with Gasteiger partial charge in [-0.05, 0) is 0 Å². The van der Waals surface area contributed by atoms with Gasteiger partial charge in [0.05, 0.1) is 5.88 Å². The van der Waals surface area contributed by atoms with E-state index < -0.39 is 5.56 Å². The van der Waals surface area contributed by atoms with Crippen molar-refractivity contribution in [1.29, 1.82) is 0 Å². The molecular weight excluding hydrogens is 122 g/mol. The SMILES string of the molecule is [B]OC(Cl)CCl. The van der Waals surface area contributed by atoms with Gasteiger partial charge in [-0.2, -0.15) is 0 Å². The molecule has 0 heterocycles. The Morgan fingerprint density at radius 2 is 2.33 bits per heavy atom. The maximum atomic E-state index is 5.17. The smallest absolute Gasteiger partial charge is 0.284 e. The normalized spacial score (nSPS) is 14.3. The van der Waals surface area contributed by atoms with Crippen molar-refractivity contribution < 1.29 is 4.65 Å². The summed E-state index contributed by atoms with van der Waals surface area (Å²) in [5.41, 5.74) is -0.549. The van der Waals surface area contributed by atoms with Crippen LogP contribution in [0, 0.1) is 0 Å². The lowest BCUT2D eigenvalue weighted by molar-refractivity contribution is 0.335. The van der Waals surface area contributed by atoms with Gasteiger partial charge < -0.3 is 4.65 Å². The topological polar surface area (TPSA) is 9.23 Å². The third-order valence-corrected chi connectivity index (χ3v) is 0.964. The Balaban J connectivity index is 2.75. The van der Waals surface area contributed by atoms with Crippen molar-refractivity contribution in [3.8, 4) is 0 Å². The van der Waals surface area contributed by atoms with E-state index in [0.717, 1.165) is 0 Å². The van der Waals surface area contributed by atoms with Crippen LogP contribution in [-0.4, -0.2) is 19.5 Å². The molecule has 0 saturated heterocycles. The second kappa shape index (κ2) is 3.78. The van der Waals surface area contributed by atoms with Crippen molar-refractivity contribution in [3.63, 3.8) is 0 Å². The summed E-state index contributed by atoms with van der Waals surface area (Å²) in [6.07, 6.45) is 0. The Hall–Kier alpha value is 0.605. The molecule has 0 amide bonds. The van der Waals surface area contributed by atoms with Gasteiger partial charge in [0.25, 0.3) is 8.05 Å². The van der Waals surface area contributed by atoms with E-state index in [-0.39, 0.29) is 5.88 Å². The highest BCUT2D eigenvalue weighted by atomic mass is 35.5. The molecule has 1 nitrogen and oxygen atoms in total. The molecule has 34 valence electrons. The first-order valence-corrected chi connectivity index (χ1v) is 2.34. The first-order valence-electron chi connectivity index (χ1n) is 1.37. The fraction of sp³-hybridized carbons (Fsp3) is 1.00. The first kappa shape index (κ1) is 6.60. The fourth-order valence-corrected chi connectivity index (χ4v) is 0.109. The molecule has 6 heavy (non-hydrogen) atoms. The molecule has 1 unspecified atom stereocenters. The average molecular weight is 125 g/mol. The van der Waals surface area contributed by atoms with Gasteiger partial charge in [0.1, 0.15) is 5.56 Å². The molecule has 0 saturated carbocycles. The van der Waals surface area contributed by atoms with Crippen molar-refractivity contribution in [3.05, 3.63) is 0 Å². The fourth-order valence-electron chi connectivity index (χ4n) is 0.0364. The van der Waals surface area contributed by atoms with E-state index in [0.29, 0.717) is 0 Å². The van der Waals surface area contributed by atoms with E-state index in [1.165, 1.54) is 0 Å². The zero-order valence-corrected chi connectivity index (χ0v) is 4.54. The molecule has 0 aliphatic carbocycles. The van der Waals surface area contributed by atoms with Gasteiger partial charge in [0.2, 0.25) is 0 Å². The van der Waals surface area contributed by atoms with E-state index in [2.05, 4.69) is 12.7 Å². The minimum Gasteiger partial charge on any atom is -0.432 e. The van der Waals surface area contributed by atoms with Crippen molar-refractivity contribution in [2.45, 2.75) is 5.56 Å². The lowest BCUT2D eigenvalue weighted by Gasteiger charge is -1.98. The molecule has 0 aromatic rings. The minimum absolute atomic E-state index is 0.220. The molecule has 0 bridgehead atoms. The molecular formula is C2H3BCl2O. The van der Waals surface area contributed by atoms with Crippen molar-refractivity contribution >= 4 is 31.3 Å². The predicted octanol–water partition coefficient (Wildman–Crippen LogP) is 0.890. The summed E-state index contributed by atoms with van der Waals surface area (Å²) in [5.74, 6) is 0.220. The number of rotatable bonds is 2. The third-order valence-electron chi connectivity index (χ3n) is 0.269. The van der Waals surface area contributed by atoms with E-state index in [1.807, 2.05) is 0 Å². The zero-order valence-electron chi connectivity index (χ0n) is 3.03. The zero-order chi connectivity index (χ0) is 4.99. The van der Waals surface area contributed by atoms with E-state index in [1.54, 1.807) is 0 Å². The van der Waals surface area contributed by atoms with Crippen LogP contribution in [0.2, 0.25) is 0 Å². The van der Waals surface area contributed by atoms with Gasteiger partial charge in [-0.15, -0.1) is 11.6 Å². The van der Waals surface area contributed by atoms with Gasteiger partial charge in [0.15, 0.2) is 0 Å². The number of halogens is 2. The molecule has 0 N–H and O–H groups in total. The van der Waals surface area contributed by atoms with Crippen molar-refractivity contribution in [2.24, 2.45) is 0 Å². The monoisotopic (exact) mass is 124 g/mol. The van der Waals surface area contributed by atoms with Crippen molar-refractivity contribution in [2.75, 3.05) is 5.88 Å². The van der Waals surface area contributed by atoms with E-state index >= 15 is 0 Å². The molecule has 0 aromatic carbocycles. The van der Waals surface area contributed by atoms with Crippen LogP contribution in [0.4, 0.5) is 0 Å². The highest BCUT2D eigenvalue weighted by Gasteiger charge is 1.93. The average Bonchev–Trinajstić information content (AvgIpc) is 1.65. The molecule has 0 aliphatic heterocycles. The van der Waals surface area contributed by atoms with Crippen LogP contribution in [0.3, 0.4) is 0 Å². The Labute approximate surface area is 48.0 Å². The van der Waals surface area contributed by atoms with Crippen LogP contribution in [0.25, 0.3) is 0 Å². The minimum atomic E-state index is -0.549. The predicted molar refractivity (Wildman–Crippen MR) is 27.2 cm³/mol. The Kier molecular flexibility index (Phi) is 4.16. The third kappa shape index (κ3) is 2.82. The maximum absolute atomic E-state index is 5.17. The first-order chi connectivity index (χ1) is 2.81. The molecule has 0 rings (SSSR count). The van der Waals surface area contributed by atoms with Crippen molar-refractivity contribution in [1.82, 2.24) is 0 Å². The molecule has 1 atom stereocenters. The van der Waals surface area contributed by atoms with Crippen LogP contribution >= 0.6 is 23.2 Å². The summed E-state index contributed by atoms with van der Waals surface area (Å²) >= 11 is 10.3. The summed E-state index contributed by atoms with van der Waals surface area (Å²) < 4.78 is 4.03. The Morgan fingerprint density at radius 1 is 1.83 bits per heavy atom. The van der Waals surface area contributed by atoms with Crippen LogP contribution in [-0.2, 0) is 4.65 Å². The molecule has 2 radical (unpaired) electrons. The molecule has 0 aromatic heterocycles. The molecule has 0 fully saturated rings.